The Hall–Kier alpha value is -3.99. The molecule has 0 saturated heterocycles. The lowest BCUT2D eigenvalue weighted by atomic mass is 9.96. The quantitative estimate of drug-likeness (QED) is 0.302. The second kappa shape index (κ2) is 11.0. The van der Waals surface area contributed by atoms with Crippen LogP contribution in [-0.4, -0.2) is 32.4 Å². The zero-order valence-electron chi connectivity index (χ0n) is 20.3. The van der Waals surface area contributed by atoms with Gasteiger partial charge in [-0.15, -0.1) is 0 Å². The molecule has 0 heterocycles. The molecule has 180 valence electrons. The van der Waals surface area contributed by atoms with Gasteiger partial charge in [0, 0.05) is 6.07 Å². The van der Waals surface area contributed by atoms with Gasteiger partial charge in [-0.1, -0.05) is 48.5 Å². The Balaban J connectivity index is 1.54. The maximum Gasteiger partial charge on any atom is 0.339 e. The summed E-state index contributed by atoms with van der Waals surface area (Å²) >= 11 is 0. The lowest BCUT2D eigenvalue weighted by Crippen LogP contribution is -2.03. The Morgan fingerprint density at radius 3 is 1.80 bits per heavy atom. The summed E-state index contributed by atoms with van der Waals surface area (Å²) < 4.78 is 16.6. The highest BCUT2D eigenvalue weighted by Gasteiger charge is 2.14. The van der Waals surface area contributed by atoms with Crippen LogP contribution in [0.4, 0.5) is 0 Å². The van der Waals surface area contributed by atoms with Crippen molar-refractivity contribution in [1.29, 1.82) is 0 Å². The minimum atomic E-state index is -0.999. The van der Waals surface area contributed by atoms with Crippen LogP contribution < -0.4 is 14.2 Å². The van der Waals surface area contributed by atoms with Crippen molar-refractivity contribution in [1.82, 2.24) is 0 Å². The number of methoxy groups -OCH3 is 3. The second-order valence-corrected chi connectivity index (χ2v) is 8.50. The minimum Gasteiger partial charge on any atom is -0.496 e. The molecular formula is C30H30O5. The summed E-state index contributed by atoms with van der Waals surface area (Å²) in [6, 6.07) is 24.4. The predicted molar refractivity (Wildman–Crippen MR) is 138 cm³/mol. The number of hydrogen-bond donors (Lipinski definition) is 1. The van der Waals surface area contributed by atoms with Gasteiger partial charge in [0.05, 0.1) is 21.3 Å². The van der Waals surface area contributed by atoms with Gasteiger partial charge in [-0.05, 0) is 76.9 Å². The Morgan fingerprint density at radius 1 is 0.629 bits per heavy atom. The third-order valence-electron chi connectivity index (χ3n) is 6.36. The fraction of sp³-hybridized carbons (Fsp3) is 0.233. The van der Waals surface area contributed by atoms with Crippen LogP contribution >= 0.6 is 0 Å². The highest BCUT2D eigenvalue weighted by molar-refractivity contribution is 5.91. The Labute approximate surface area is 205 Å². The van der Waals surface area contributed by atoms with Gasteiger partial charge in [-0.2, -0.15) is 0 Å². The van der Waals surface area contributed by atoms with Gasteiger partial charge in [0.15, 0.2) is 0 Å². The average Bonchev–Trinajstić information content (AvgIpc) is 2.89. The molecule has 0 atom stereocenters. The van der Waals surface area contributed by atoms with Crippen LogP contribution in [0.5, 0.6) is 17.2 Å². The summed E-state index contributed by atoms with van der Waals surface area (Å²) in [4.78, 5) is 11.4. The van der Waals surface area contributed by atoms with Gasteiger partial charge in [-0.3, -0.25) is 0 Å². The topological polar surface area (TPSA) is 65.0 Å². The molecule has 0 spiro atoms. The van der Waals surface area contributed by atoms with Crippen molar-refractivity contribution >= 4 is 16.7 Å². The molecule has 35 heavy (non-hydrogen) atoms. The molecule has 4 rings (SSSR count). The number of aromatic carboxylic acids is 1. The van der Waals surface area contributed by atoms with Gasteiger partial charge < -0.3 is 19.3 Å². The lowest BCUT2D eigenvalue weighted by Gasteiger charge is -2.16. The first-order valence-electron chi connectivity index (χ1n) is 11.6. The number of benzene rings is 4. The highest BCUT2D eigenvalue weighted by atomic mass is 16.5. The van der Waals surface area contributed by atoms with Crippen molar-refractivity contribution in [3.8, 4) is 17.2 Å². The van der Waals surface area contributed by atoms with Crippen LogP contribution in [0.1, 0.15) is 32.6 Å². The molecule has 0 unspecified atom stereocenters. The number of ether oxygens (including phenoxy) is 3. The number of rotatable bonds is 10. The molecule has 4 aromatic rings. The van der Waals surface area contributed by atoms with Crippen LogP contribution in [0, 0.1) is 0 Å². The molecule has 0 fully saturated rings. The monoisotopic (exact) mass is 470 g/mol. The van der Waals surface area contributed by atoms with E-state index < -0.39 is 5.97 Å². The van der Waals surface area contributed by atoms with E-state index in [-0.39, 0.29) is 5.56 Å². The van der Waals surface area contributed by atoms with Crippen LogP contribution in [-0.2, 0) is 25.7 Å². The summed E-state index contributed by atoms with van der Waals surface area (Å²) in [6.07, 6.45) is 3.22. The van der Waals surface area contributed by atoms with E-state index in [2.05, 4.69) is 48.5 Å². The highest BCUT2D eigenvalue weighted by Crippen LogP contribution is 2.32. The van der Waals surface area contributed by atoms with E-state index in [1.165, 1.54) is 23.4 Å². The SMILES string of the molecule is COc1cc(OC)c(CCc2ccc3ccccc3c2)cc1CCc1ccc(C(=O)O)c(OC)c1. The standard InChI is InChI=1S/C30H30O5/c1-33-27-19-28(34-2)25(14-10-21-11-15-26(30(31)32)29(17-21)35-3)18-24(27)13-9-20-8-12-22-6-4-5-7-23(22)16-20/h4-8,11-12,15-19H,9-10,13-14H2,1-3H3,(H,31,32). The molecular weight excluding hydrogens is 440 g/mol. The van der Waals surface area contributed by atoms with Crippen LogP contribution in [0.15, 0.2) is 72.8 Å². The molecule has 4 aromatic carbocycles. The van der Waals surface area contributed by atoms with Crippen molar-refractivity contribution < 1.29 is 24.1 Å². The zero-order valence-corrected chi connectivity index (χ0v) is 20.3. The average molecular weight is 471 g/mol. The van der Waals surface area contributed by atoms with Crippen molar-refractivity contribution in [3.05, 3.63) is 101 Å². The minimum absolute atomic E-state index is 0.161. The maximum absolute atomic E-state index is 11.4. The van der Waals surface area contributed by atoms with Crippen LogP contribution in [0.2, 0.25) is 0 Å². The summed E-state index contributed by atoms with van der Waals surface area (Å²) in [5.74, 6) is 0.971. The molecule has 0 saturated carbocycles. The summed E-state index contributed by atoms with van der Waals surface area (Å²) in [7, 11) is 4.84. The van der Waals surface area contributed by atoms with Crippen molar-refractivity contribution in [2.24, 2.45) is 0 Å². The van der Waals surface area contributed by atoms with E-state index in [1.54, 1.807) is 26.4 Å². The van der Waals surface area contributed by atoms with E-state index in [9.17, 15) is 9.90 Å². The first-order chi connectivity index (χ1) is 17.0. The second-order valence-electron chi connectivity index (χ2n) is 8.50. The zero-order chi connectivity index (χ0) is 24.8. The summed E-state index contributed by atoms with van der Waals surface area (Å²) in [5.41, 5.74) is 4.67. The van der Waals surface area contributed by atoms with Crippen molar-refractivity contribution in [2.75, 3.05) is 21.3 Å². The maximum atomic E-state index is 11.4. The summed E-state index contributed by atoms with van der Waals surface area (Å²) in [6.45, 7) is 0. The molecule has 0 bridgehead atoms. The molecule has 0 radical (unpaired) electrons. The molecule has 1 N–H and O–H groups in total. The number of hydrogen-bond acceptors (Lipinski definition) is 4. The van der Waals surface area contributed by atoms with Crippen molar-refractivity contribution in [3.63, 3.8) is 0 Å². The molecule has 0 aromatic heterocycles. The van der Waals surface area contributed by atoms with E-state index in [1.807, 2.05) is 12.1 Å². The van der Waals surface area contributed by atoms with E-state index in [0.29, 0.717) is 5.75 Å². The number of aryl methyl sites for hydroxylation is 4. The van der Waals surface area contributed by atoms with Gasteiger partial charge in [0.1, 0.15) is 22.8 Å². The first kappa shape index (κ1) is 24.1. The third kappa shape index (κ3) is 5.57. The van der Waals surface area contributed by atoms with E-state index >= 15 is 0 Å². The van der Waals surface area contributed by atoms with Gasteiger partial charge in [-0.25, -0.2) is 4.79 Å². The fourth-order valence-electron chi connectivity index (χ4n) is 4.45. The first-order valence-corrected chi connectivity index (χ1v) is 11.6. The van der Waals surface area contributed by atoms with Gasteiger partial charge in [0.2, 0.25) is 0 Å². The Kier molecular flexibility index (Phi) is 7.56. The molecule has 5 heteroatoms. The molecule has 5 nitrogen and oxygen atoms in total. The van der Waals surface area contributed by atoms with Crippen LogP contribution in [0.25, 0.3) is 10.8 Å². The third-order valence-corrected chi connectivity index (χ3v) is 6.36. The fourth-order valence-corrected chi connectivity index (χ4v) is 4.45. The summed E-state index contributed by atoms with van der Waals surface area (Å²) in [5, 5.41) is 11.8. The smallest absolute Gasteiger partial charge is 0.339 e. The Bertz CT molecular complexity index is 1340. The van der Waals surface area contributed by atoms with Gasteiger partial charge in [0.25, 0.3) is 0 Å². The number of carboxylic acids is 1. The molecule has 0 aliphatic rings. The van der Waals surface area contributed by atoms with Crippen LogP contribution in [0.3, 0.4) is 0 Å². The largest absolute Gasteiger partial charge is 0.496 e. The van der Waals surface area contributed by atoms with Gasteiger partial charge >= 0.3 is 5.97 Å². The molecule has 0 aliphatic heterocycles. The molecule has 0 amide bonds. The molecule has 0 aliphatic carbocycles. The normalized spacial score (nSPS) is 10.8. The van der Waals surface area contributed by atoms with E-state index in [4.69, 9.17) is 14.2 Å². The van der Waals surface area contributed by atoms with Crippen molar-refractivity contribution in [2.45, 2.75) is 25.7 Å². The van der Waals surface area contributed by atoms with E-state index in [0.717, 1.165) is 53.9 Å². The Morgan fingerprint density at radius 2 is 1.20 bits per heavy atom. The number of carbonyl (C=O) groups is 1. The lowest BCUT2D eigenvalue weighted by molar-refractivity contribution is 0.0693. The predicted octanol–water partition coefficient (Wildman–Crippen LogP) is 6.13. The number of fused-ring (bicyclic) bond motifs is 1. The number of carboxylic acid groups (broad SMARTS) is 1.